The summed E-state index contributed by atoms with van der Waals surface area (Å²) in [5.41, 5.74) is 0. The highest BCUT2D eigenvalue weighted by molar-refractivity contribution is 6.45. The SMILES string of the molecule is CB(O)N1CCC[C@H](O)C1. The highest BCUT2D eigenvalue weighted by atomic mass is 16.3. The number of rotatable bonds is 1. The molecule has 0 aromatic carbocycles. The molecule has 2 N–H and O–H groups in total. The van der Waals surface area contributed by atoms with Gasteiger partial charge in [0, 0.05) is 6.54 Å². The van der Waals surface area contributed by atoms with Crippen molar-refractivity contribution in [3.05, 3.63) is 0 Å². The topological polar surface area (TPSA) is 43.7 Å². The molecule has 1 atom stereocenters. The molecule has 1 aliphatic heterocycles. The van der Waals surface area contributed by atoms with Crippen molar-refractivity contribution in [3.8, 4) is 0 Å². The van der Waals surface area contributed by atoms with E-state index in [0.29, 0.717) is 6.54 Å². The summed E-state index contributed by atoms with van der Waals surface area (Å²) in [5.74, 6) is 0. The maximum atomic E-state index is 9.18. The van der Waals surface area contributed by atoms with Gasteiger partial charge >= 0.3 is 7.05 Å². The van der Waals surface area contributed by atoms with Crippen LogP contribution >= 0.6 is 0 Å². The summed E-state index contributed by atoms with van der Waals surface area (Å²) in [5, 5.41) is 18.3. The molecule has 1 aliphatic rings. The van der Waals surface area contributed by atoms with Crippen LogP contribution < -0.4 is 0 Å². The highest BCUT2D eigenvalue weighted by Gasteiger charge is 2.22. The van der Waals surface area contributed by atoms with Crippen LogP contribution in [-0.2, 0) is 0 Å². The van der Waals surface area contributed by atoms with Crippen LogP contribution in [0.4, 0.5) is 0 Å². The molecule has 0 amide bonds. The Balaban J connectivity index is 2.32. The first kappa shape index (κ1) is 8.05. The van der Waals surface area contributed by atoms with Crippen molar-refractivity contribution in [1.82, 2.24) is 4.81 Å². The molecule has 10 heavy (non-hydrogen) atoms. The molecule has 0 aromatic rings. The lowest BCUT2D eigenvalue weighted by molar-refractivity contribution is 0.100. The first-order chi connectivity index (χ1) is 4.70. The summed E-state index contributed by atoms with van der Waals surface area (Å²) in [4.78, 5) is 1.88. The minimum absolute atomic E-state index is 0.233. The van der Waals surface area contributed by atoms with Crippen LogP contribution in [0.3, 0.4) is 0 Å². The smallest absolute Gasteiger partial charge is 0.376 e. The van der Waals surface area contributed by atoms with Crippen molar-refractivity contribution in [1.29, 1.82) is 0 Å². The van der Waals surface area contributed by atoms with Gasteiger partial charge in [-0.25, -0.2) is 0 Å². The van der Waals surface area contributed by atoms with E-state index in [9.17, 15) is 5.11 Å². The second-order valence-electron chi connectivity index (χ2n) is 2.92. The predicted molar refractivity (Wildman–Crippen MR) is 40.7 cm³/mol. The molecular weight excluding hydrogens is 129 g/mol. The van der Waals surface area contributed by atoms with E-state index in [1.807, 2.05) is 4.81 Å². The molecule has 1 saturated heterocycles. The van der Waals surface area contributed by atoms with Crippen molar-refractivity contribution in [2.45, 2.75) is 25.8 Å². The Bertz CT molecular complexity index is 110. The minimum Gasteiger partial charge on any atom is -0.437 e. The van der Waals surface area contributed by atoms with E-state index in [0.717, 1.165) is 19.4 Å². The van der Waals surface area contributed by atoms with Crippen molar-refractivity contribution in [3.63, 3.8) is 0 Å². The number of nitrogens with zero attached hydrogens (tertiary/aromatic N) is 1. The summed E-state index contributed by atoms with van der Waals surface area (Å²) in [6.07, 6.45) is 1.64. The minimum atomic E-state index is -0.407. The van der Waals surface area contributed by atoms with E-state index in [-0.39, 0.29) is 6.10 Å². The van der Waals surface area contributed by atoms with Gasteiger partial charge in [0.2, 0.25) is 0 Å². The van der Waals surface area contributed by atoms with Crippen molar-refractivity contribution < 1.29 is 10.1 Å². The molecule has 0 radical (unpaired) electrons. The zero-order valence-electron chi connectivity index (χ0n) is 6.32. The first-order valence-electron chi connectivity index (χ1n) is 3.80. The Kier molecular flexibility index (Phi) is 2.71. The second-order valence-corrected chi connectivity index (χ2v) is 2.92. The molecule has 0 aromatic heterocycles. The monoisotopic (exact) mass is 143 g/mol. The summed E-state index contributed by atoms with van der Waals surface area (Å²) in [7, 11) is -0.407. The molecule has 1 fully saturated rings. The predicted octanol–water partition coefficient (Wildman–Crippen LogP) is -0.447. The first-order valence-corrected chi connectivity index (χ1v) is 3.80. The lowest BCUT2D eigenvalue weighted by Gasteiger charge is -2.30. The van der Waals surface area contributed by atoms with Crippen LogP contribution in [0.1, 0.15) is 12.8 Å². The van der Waals surface area contributed by atoms with E-state index in [4.69, 9.17) is 5.02 Å². The Hall–Kier alpha value is -0.0551. The molecular formula is C6H14BNO2. The van der Waals surface area contributed by atoms with Gasteiger partial charge in [0.15, 0.2) is 0 Å². The summed E-state index contributed by atoms with van der Waals surface area (Å²) in [6.45, 7) is 3.27. The summed E-state index contributed by atoms with van der Waals surface area (Å²) >= 11 is 0. The molecule has 0 spiro atoms. The van der Waals surface area contributed by atoms with E-state index < -0.39 is 7.05 Å². The molecule has 58 valence electrons. The van der Waals surface area contributed by atoms with Crippen LogP contribution in [-0.4, -0.2) is 41.2 Å². The zero-order valence-corrected chi connectivity index (χ0v) is 6.32. The highest BCUT2D eigenvalue weighted by Crippen LogP contribution is 2.09. The number of hydrogen-bond acceptors (Lipinski definition) is 3. The molecule has 1 rings (SSSR count). The third kappa shape index (κ3) is 1.97. The van der Waals surface area contributed by atoms with Crippen LogP contribution in [0.15, 0.2) is 0 Å². The van der Waals surface area contributed by atoms with Crippen molar-refractivity contribution in [2.75, 3.05) is 13.1 Å². The van der Waals surface area contributed by atoms with Crippen LogP contribution in [0, 0.1) is 0 Å². The Morgan fingerprint density at radius 2 is 2.30 bits per heavy atom. The molecule has 3 nitrogen and oxygen atoms in total. The maximum Gasteiger partial charge on any atom is 0.376 e. The Morgan fingerprint density at radius 1 is 1.60 bits per heavy atom. The largest absolute Gasteiger partial charge is 0.437 e. The van der Waals surface area contributed by atoms with Crippen molar-refractivity contribution >= 4 is 7.05 Å². The van der Waals surface area contributed by atoms with Crippen LogP contribution in [0.25, 0.3) is 0 Å². The van der Waals surface area contributed by atoms with Gasteiger partial charge in [0.25, 0.3) is 0 Å². The fraction of sp³-hybridized carbons (Fsp3) is 1.00. The number of β-amino-alcohol motifs (C(OH)–C–C–N with tert-alkyl or cyclic N) is 1. The van der Waals surface area contributed by atoms with Gasteiger partial charge < -0.3 is 14.9 Å². The summed E-state index contributed by atoms with van der Waals surface area (Å²) < 4.78 is 0. The molecule has 4 heteroatoms. The molecule has 0 bridgehead atoms. The normalized spacial score (nSPS) is 28.5. The fourth-order valence-corrected chi connectivity index (χ4v) is 1.32. The summed E-state index contributed by atoms with van der Waals surface area (Å²) in [6, 6.07) is 0. The van der Waals surface area contributed by atoms with Gasteiger partial charge in [-0.3, -0.25) is 0 Å². The Morgan fingerprint density at radius 3 is 2.70 bits per heavy atom. The van der Waals surface area contributed by atoms with E-state index >= 15 is 0 Å². The molecule has 0 unspecified atom stereocenters. The van der Waals surface area contributed by atoms with Gasteiger partial charge in [-0.05, 0) is 26.2 Å². The average molecular weight is 143 g/mol. The molecule has 0 saturated carbocycles. The maximum absolute atomic E-state index is 9.18. The quantitative estimate of drug-likeness (QED) is 0.488. The standard InChI is InChI=1S/C6H14BNO2/c1-7(10)8-4-2-3-6(9)5-8/h6,9-10H,2-5H2,1H3/t6-/m0/s1. The Labute approximate surface area is 61.8 Å². The third-order valence-corrected chi connectivity index (χ3v) is 1.96. The fourth-order valence-electron chi connectivity index (χ4n) is 1.32. The number of piperidine rings is 1. The van der Waals surface area contributed by atoms with Crippen LogP contribution in [0.5, 0.6) is 0 Å². The average Bonchev–Trinajstić information content (AvgIpc) is 1.88. The number of hydrogen-bond donors (Lipinski definition) is 2. The molecule has 0 aliphatic carbocycles. The van der Waals surface area contributed by atoms with Crippen LogP contribution in [0.2, 0.25) is 6.82 Å². The second kappa shape index (κ2) is 3.37. The zero-order chi connectivity index (χ0) is 7.56. The lowest BCUT2D eigenvalue weighted by Crippen LogP contribution is -2.46. The van der Waals surface area contributed by atoms with Crippen molar-refractivity contribution in [2.24, 2.45) is 0 Å². The van der Waals surface area contributed by atoms with E-state index in [2.05, 4.69) is 0 Å². The van der Waals surface area contributed by atoms with E-state index in [1.165, 1.54) is 0 Å². The van der Waals surface area contributed by atoms with Gasteiger partial charge in [-0.2, -0.15) is 0 Å². The molecule has 1 heterocycles. The lowest BCUT2D eigenvalue weighted by atomic mass is 9.82. The van der Waals surface area contributed by atoms with Gasteiger partial charge in [0.1, 0.15) is 0 Å². The van der Waals surface area contributed by atoms with Gasteiger partial charge in [0.05, 0.1) is 6.10 Å². The third-order valence-electron chi connectivity index (χ3n) is 1.96. The van der Waals surface area contributed by atoms with E-state index in [1.54, 1.807) is 6.82 Å². The number of aliphatic hydroxyl groups is 1. The van der Waals surface area contributed by atoms with Gasteiger partial charge in [-0.1, -0.05) is 0 Å². The number of aliphatic hydroxyl groups excluding tert-OH is 1. The van der Waals surface area contributed by atoms with Gasteiger partial charge in [-0.15, -0.1) is 0 Å².